The number of fused-ring (bicyclic) bond motifs is 1. The molecule has 1 aromatic heterocycles. The van der Waals surface area contributed by atoms with Gasteiger partial charge in [0.15, 0.2) is 5.82 Å². The van der Waals surface area contributed by atoms with Crippen LogP contribution in [-0.4, -0.2) is 9.97 Å². The van der Waals surface area contributed by atoms with E-state index >= 15 is 0 Å². The third kappa shape index (κ3) is 3.16. The standard InChI is InChI=1S/C20H13Cl2N3/c21-15-10-6-12-17(18(15)22)24-20-14-9-4-5-11-16(14)23-19(25-20)13-7-2-1-3-8-13/h1-12H,(H,23,24,25). The first kappa shape index (κ1) is 15.9. The number of rotatable bonds is 3. The van der Waals surface area contributed by atoms with Crippen molar-refractivity contribution < 1.29 is 0 Å². The summed E-state index contributed by atoms with van der Waals surface area (Å²) >= 11 is 12.4. The molecule has 0 atom stereocenters. The monoisotopic (exact) mass is 365 g/mol. The smallest absolute Gasteiger partial charge is 0.162 e. The summed E-state index contributed by atoms with van der Waals surface area (Å²) in [7, 11) is 0. The van der Waals surface area contributed by atoms with Gasteiger partial charge in [0.25, 0.3) is 0 Å². The van der Waals surface area contributed by atoms with Crippen LogP contribution < -0.4 is 5.32 Å². The van der Waals surface area contributed by atoms with Crippen LogP contribution in [0.25, 0.3) is 22.3 Å². The van der Waals surface area contributed by atoms with Crippen LogP contribution >= 0.6 is 23.2 Å². The molecule has 1 heterocycles. The molecule has 0 radical (unpaired) electrons. The predicted molar refractivity (Wildman–Crippen MR) is 105 cm³/mol. The SMILES string of the molecule is Clc1cccc(Nc2nc(-c3ccccc3)nc3ccccc23)c1Cl. The third-order valence-electron chi connectivity index (χ3n) is 3.84. The van der Waals surface area contributed by atoms with Crippen molar-refractivity contribution in [3.05, 3.63) is 82.8 Å². The molecule has 0 unspecified atom stereocenters. The van der Waals surface area contributed by atoms with Crippen molar-refractivity contribution in [3.63, 3.8) is 0 Å². The molecule has 0 bridgehead atoms. The fourth-order valence-electron chi connectivity index (χ4n) is 2.62. The Morgan fingerprint density at radius 3 is 2.32 bits per heavy atom. The molecule has 5 heteroatoms. The number of nitrogens with zero attached hydrogens (tertiary/aromatic N) is 2. The maximum atomic E-state index is 6.31. The maximum Gasteiger partial charge on any atom is 0.162 e. The molecule has 3 nitrogen and oxygen atoms in total. The Labute approximate surface area is 155 Å². The van der Waals surface area contributed by atoms with Crippen molar-refractivity contribution in [2.45, 2.75) is 0 Å². The van der Waals surface area contributed by atoms with E-state index in [1.807, 2.05) is 66.7 Å². The van der Waals surface area contributed by atoms with E-state index in [0.29, 0.717) is 27.4 Å². The fourth-order valence-corrected chi connectivity index (χ4v) is 2.96. The van der Waals surface area contributed by atoms with Gasteiger partial charge in [-0.1, -0.05) is 71.7 Å². The van der Waals surface area contributed by atoms with Gasteiger partial charge >= 0.3 is 0 Å². The van der Waals surface area contributed by atoms with E-state index in [-0.39, 0.29) is 0 Å². The van der Waals surface area contributed by atoms with Crippen molar-refractivity contribution in [1.29, 1.82) is 0 Å². The number of hydrogen-bond donors (Lipinski definition) is 1. The van der Waals surface area contributed by atoms with E-state index in [1.165, 1.54) is 0 Å². The lowest BCUT2D eigenvalue weighted by Gasteiger charge is -2.12. The second-order valence-corrected chi connectivity index (χ2v) is 6.29. The van der Waals surface area contributed by atoms with E-state index in [0.717, 1.165) is 16.5 Å². The number of para-hydroxylation sites is 1. The summed E-state index contributed by atoms with van der Waals surface area (Å²) in [6.07, 6.45) is 0. The average Bonchev–Trinajstić information content (AvgIpc) is 2.66. The molecule has 122 valence electrons. The Balaban J connectivity index is 1.88. The van der Waals surface area contributed by atoms with Crippen LogP contribution in [0, 0.1) is 0 Å². The summed E-state index contributed by atoms with van der Waals surface area (Å²) in [5.41, 5.74) is 2.52. The zero-order valence-corrected chi connectivity index (χ0v) is 14.6. The Kier molecular flexibility index (Phi) is 4.26. The van der Waals surface area contributed by atoms with Gasteiger partial charge in [-0.25, -0.2) is 9.97 Å². The summed E-state index contributed by atoms with van der Waals surface area (Å²) < 4.78 is 0. The molecule has 0 amide bonds. The fraction of sp³-hybridized carbons (Fsp3) is 0. The Morgan fingerprint density at radius 1 is 0.720 bits per heavy atom. The molecule has 25 heavy (non-hydrogen) atoms. The van der Waals surface area contributed by atoms with Crippen LogP contribution in [0.3, 0.4) is 0 Å². The molecule has 0 aliphatic rings. The number of hydrogen-bond acceptors (Lipinski definition) is 3. The topological polar surface area (TPSA) is 37.8 Å². The Bertz CT molecular complexity index is 1050. The number of halogens is 2. The average molecular weight is 366 g/mol. The summed E-state index contributed by atoms with van der Waals surface area (Å²) in [5, 5.41) is 5.17. The van der Waals surface area contributed by atoms with Gasteiger partial charge in [0.05, 0.1) is 21.2 Å². The number of aromatic nitrogens is 2. The zero-order valence-electron chi connectivity index (χ0n) is 13.1. The maximum absolute atomic E-state index is 6.31. The molecule has 0 aliphatic carbocycles. The van der Waals surface area contributed by atoms with Crippen molar-refractivity contribution in [1.82, 2.24) is 9.97 Å². The van der Waals surface area contributed by atoms with Crippen LogP contribution in [0.2, 0.25) is 10.0 Å². The van der Waals surface area contributed by atoms with E-state index in [2.05, 4.69) is 10.3 Å². The van der Waals surface area contributed by atoms with E-state index in [4.69, 9.17) is 28.2 Å². The van der Waals surface area contributed by atoms with Crippen molar-refractivity contribution in [2.24, 2.45) is 0 Å². The summed E-state index contributed by atoms with van der Waals surface area (Å²) in [5.74, 6) is 1.34. The molecule has 0 saturated heterocycles. The third-order valence-corrected chi connectivity index (χ3v) is 4.66. The minimum atomic E-state index is 0.466. The van der Waals surface area contributed by atoms with Gasteiger partial charge < -0.3 is 5.32 Å². The highest BCUT2D eigenvalue weighted by atomic mass is 35.5. The molecule has 0 aliphatic heterocycles. The van der Waals surface area contributed by atoms with E-state index in [9.17, 15) is 0 Å². The highest BCUT2D eigenvalue weighted by Gasteiger charge is 2.11. The molecule has 0 spiro atoms. The van der Waals surface area contributed by atoms with Gasteiger partial charge in [0.2, 0.25) is 0 Å². The second-order valence-electron chi connectivity index (χ2n) is 5.51. The Hall–Kier alpha value is -2.62. The molecule has 0 fully saturated rings. The number of nitrogens with one attached hydrogen (secondary N) is 1. The van der Waals surface area contributed by atoms with E-state index < -0.39 is 0 Å². The van der Waals surface area contributed by atoms with Gasteiger partial charge in [-0.3, -0.25) is 0 Å². The lowest BCUT2D eigenvalue weighted by atomic mass is 10.2. The van der Waals surface area contributed by atoms with Crippen LogP contribution in [0.5, 0.6) is 0 Å². The molecule has 3 aromatic carbocycles. The largest absolute Gasteiger partial charge is 0.338 e. The van der Waals surface area contributed by atoms with E-state index in [1.54, 1.807) is 6.07 Å². The van der Waals surface area contributed by atoms with Crippen LogP contribution in [-0.2, 0) is 0 Å². The molecule has 1 N–H and O–H groups in total. The first-order chi connectivity index (χ1) is 12.2. The van der Waals surface area contributed by atoms with Crippen molar-refractivity contribution in [2.75, 3.05) is 5.32 Å². The van der Waals surface area contributed by atoms with Gasteiger partial charge in [0, 0.05) is 10.9 Å². The minimum Gasteiger partial charge on any atom is -0.338 e. The molecule has 4 aromatic rings. The van der Waals surface area contributed by atoms with Crippen LogP contribution in [0.1, 0.15) is 0 Å². The highest BCUT2D eigenvalue weighted by molar-refractivity contribution is 6.43. The van der Waals surface area contributed by atoms with Crippen LogP contribution in [0.4, 0.5) is 11.5 Å². The normalized spacial score (nSPS) is 10.8. The molecular weight excluding hydrogens is 353 g/mol. The summed E-state index contributed by atoms with van der Waals surface area (Å²) in [6, 6.07) is 23.2. The first-order valence-electron chi connectivity index (χ1n) is 7.75. The molecule has 0 saturated carbocycles. The minimum absolute atomic E-state index is 0.466. The summed E-state index contributed by atoms with van der Waals surface area (Å²) in [4.78, 5) is 9.39. The first-order valence-corrected chi connectivity index (χ1v) is 8.51. The lowest BCUT2D eigenvalue weighted by molar-refractivity contribution is 1.22. The summed E-state index contributed by atoms with van der Waals surface area (Å²) in [6.45, 7) is 0. The predicted octanol–water partition coefficient (Wildman–Crippen LogP) is 6.35. The van der Waals surface area contributed by atoms with Gasteiger partial charge in [-0.2, -0.15) is 0 Å². The number of benzene rings is 3. The lowest BCUT2D eigenvalue weighted by Crippen LogP contribution is -2.00. The van der Waals surface area contributed by atoms with Gasteiger partial charge in [-0.15, -0.1) is 0 Å². The second kappa shape index (κ2) is 6.71. The van der Waals surface area contributed by atoms with Crippen molar-refractivity contribution in [3.8, 4) is 11.4 Å². The Morgan fingerprint density at radius 2 is 1.48 bits per heavy atom. The van der Waals surface area contributed by atoms with Gasteiger partial charge in [-0.05, 0) is 24.3 Å². The van der Waals surface area contributed by atoms with Gasteiger partial charge in [0.1, 0.15) is 5.82 Å². The number of anilines is 2. The highest BCUT2D eigenvalue weighted by Crippen LogP contribution is 2.33. The zero-order chi connectivity index (χ0) is 17.2. The molecule has 4 rings (SSSR count). The molecular formula is C20H13Cl2N3. The van der Waals surface area contributed by atoms with Crippen molar-refractivity contribution >= 4 is 45.6 Å². The van der Waals surface area contributed by atoms with Crippen LogP contribution in [0.15, 0.2) is 72.8 Å². The quantitative estimate of drug-likeness (QED) is 0.459.